The number of aliphatic hydroxyl groups excluding tert-OH is 1. The normalized spacial score (nSPS) is 15.2. The van der Waals surface area contributed by atoms with E-state index in [0.29, 0.717) is 28.6 Å². The first-order valence-electron chi connectivity index (χ1n) is 10.3. The molecule has 0 amide bonds. The number of fused-ring (bicyclic) bond motifs is 1. The number of ether oxygens (including phenoxy) is 1. The Kier molecular flexibility index (Phi) is 5.83. The van der Waals surface area contributed by atoms with Crippen molar-refractivity contribution < 1.29 is 14.4 Å². The van der Waals surface area contributed by atoms with E-state index in [0.717, 1.165) is 35.2 Å². The SMILES string of the molecule is CC(C)Oc1ccc(-c2nc(-c3cccc4c3CC/C4=N/[C@@H](C)CO)no2)cc1C#N. The molecule has 1 aliphatic carbocycles. The van der Waals surface area contributed by atoms with Gasteiger partial charge in [-0.25, -0.2) is 0 Å². The predicted octanol–water partition coefficient (Wildman–Crippen LogP) is 4.18. The lowest BCUT2D eigenvalue weighted by molar-refractivity contribution is 0.241. The number of aromatic nitrogens is 2. The fourth-order valence-corrected chi connectivity index (χ4v) is 3.71. The standard InChI is InChI=1S/C24H24N4O3/c1-14(2)30-22-10-7-16(11-17(22)12-25)24-27-23(28-31-24)20-6-4-5-19-18(20)8-9-21(19)26-15(3)13-29/h4-7,10-11,14-15,29H,8-9,13H2,1-3H3/b26-21-/t15-/m0/s1. The van der Waals surface area contributed by atoms with Crippen LogP contribution in [-0.4, -0.2) is 39.7 Å². The molecule has 2 aromatic carbocycles. The summed E-state index contributed by atoms with van der Waals surface area (Å²) < 4.78 is 11.2. The van der Waals surface area contributed by atoms with Gasteiger partial charge in [0.2, 0.25) is 5.82 Å². The van der Waals surface area contributed by atoms with E-state index in [9.17, 15) is 10.4 Å². The largest absolute Gasteiger partial charge is 0.490 e. The molecule has 7 heteroatoms. The highest BCUT2D eigenvalue weighted by molar-refractivity contribution is 6.06. The van der Waals surface area contributed by atoms with Gasteiger partial charge in [0.25, 0.3) is 5.89 Å². The summed E-state index contributed by atoms with van der Waals surface area (Å²) in [6, 6.07) is 13.3. The average Bonchev–Trinajstić information content (AvgIpc) is 3.41. The van der Waals surface area contributed by atoms with Gasteiger partial charge >= 0.3 is 0 Å². The molecule has 0 fully saturated rings. The highest BCUT2D eigenvalue weighted by atomic mass is 16.5. The zero-order chi connectivity index (χ0) is 22.0. The van der Waals surface area contributed by atoms with E-state index in [2.05, 4.69) is 21.2 Å². The monoisotopic (exact) mass is 416 g/mol. The quantitative estimate of drug-likeness (QED) is 0.646. The zero-order valence-electron chi connectivity index (χ0n) is 17.8. The molecule has 0 bridgehead atoms. The summed E-state index contributed by atoms with van der Waals surface area (Å²) in [5.74, 6) is 1.39. The smallest absolute Gasteiger partial charge is 0.258 e. The fraction of sp³-hybridized carbons (Fsp3) is 0.333. The molecule has 0 saturated carbocycles. The highest BCUT2D eigenvalue weighted by Gasteiger charge is 2.24. The van der Waals surface area contributed by atoms with Gasteiger partial charge in [0.1, 0.15) is 11.8 Å². The number of nitriles is 1. The van der Waals surface area contributed by atoms with Crippen molar-refractivity contribution >= 4 is 5.71 Å². The van der Waals surface area contributed by atoms with E-state index >= 15 is 0 Å². The van der Waals surface area contributed by atoms with Crippen molar-refractivity contribution in [3.05, 3.63) is 53.1 Å². The van der Waals surface area contributed by atoms with Crippen molar-refractivity contribution in [3.8, 4) is 34.7 Å². The van der Waals surface area contributed by atoms with Crippen molar-refractivity contribution in [2.24, 2.45) is 4.99 Å². The van der Waals surface area contributed by atoms with Crippen molar-refractivity contribution in [3.63, 3.8) is 0 Å². The molecule has 158 valence electrons. The van der Waals surface area contributed by atoms with Crippen molar-refractivity contribution in [1.82, 2.24) is 10.1 Å². The Balaban J connectivity index is 1.67. The Morgan fingerprint density at radius 3 is 2.74 bits per heavy atom. The number of aliphatic imine (C=N–C) groups is 1. The molecule has 1 aromatic heterocycles. The maximum atomic E-state index is 9.47. The van der Waals surface area contributed by atoms with Crippen LogP contribution in [0.15, 0.2) is 45.9 Å². The van der Waals surface area contributed by atoms with Crippen LogP contribution >= 0.6 is 0 Å². The van der Waals surface area contributed by atoms with Gasteiger partial charge in [0, 0.05) is 16.8 Å². The topological polar surface area (TPSA) is 105 Å². The van der Waals surface area contributed by atoms with E-state index < -0.39 is 0 Å². The van der Waals surface area contributed by atoms with Crippen LogP contribution < -0.4 is 4.74 Å². The summed E-state index contributed by atoms with van der Waals surface area (Å²) >= 11 is 0. The molecular formula is C24H24N4O3. The molecular weight excluding hydrogens is 392 g/mol. The Morgan fingerprint density at radius 1 is 1.19 bits per heavy atom. The lowest BCUT2D eigenvalue weighted by Gasteiger charge is -2.11. The molecule has 1 heterocycles. The number of rotatable bonds is 6. The second-order valence-electron chi connectivity index (χ2n) is 7.85. The van der Waals surface area contributed by atoms with E-state index in [4.69, 9.17) is 9.26 Å². The molecule has 0 radical (unpaired) electrons. The molecule has 4 rings (SSSR count). The maximum absolute atomic E-state index is 9.47. The van der Waals surface area contributed by atoms with Crippen LogP contribution in [0.3, 0.4) is 0 Å². The average molecular weight is 416 g/mol. The number of hydrogen-bond donors (Lipinski definition) is 1. The third kappa shape index (κ3) is 4.21. The van der Waals surface area contributed by atoms with Gasteiger partial charge in [-0.2, -0.15) is 10.2 Å². The van der Waals surface area contributed by atoms with Gasteiger partial charge in [0.15, 0.2) is 0 Å². The highest BCUT2D eigenvalue weighted by Crippen LogP contribution is 2.33. The van der Waals surface area contributed by atoms with Crippen molar-refractivity contribution in [1.29, 1.82) is 5.26 Å². The van der Waals surface area contributed by atoms with Gasteiger partial charge in [-0.15, -0.1) is 0 Å². The van der Waals surface area contributed by atoms with Crippen LogP contribution in [0.5, 0.6) is 5.75 Å². The van der Waals surface area contributed by atoms with Crippen LogP contribution in [0.4, 0.5) is 0 Å². The van der Waals surface area contributed by atoms with Crippen molar-refractivity contribution in [2.45, 2.75) is 45.8 Å². The summed E-state index contributed by atoms with van der Waals surface area (Å²) in [5, 5.41) is 23.0. The summed E-state index contributed by atoms with van der Waals surface area (Å²) in [7, 11) is 0. The molecule has 31 heavy (non-hydrogen) atoms. The molecule has 0 aliphatic heterocycles. The van der Waals surface area contributed by atoms with E-state index in [1.54, 1.807) is 12.1 Å². The Labute approximate surface area is 181 Å². The Morgan fingerprint density at radius 2 is 2.00 bits per heavy atom. The lowest BCUT2D eigenvalue weighted by Crippen LogP contribution is -2.08. The first-order chi connectivity index (χ1) is 15.0. The minimum Gasteiger partial charge on any atom is -0.490 e. The molecule has 7 nitrogen and oxygen atoms in total. The fourth-order valence-electron chi connectivity index (χ4n) is 3.71. The third-order valence-electron chi connectivity index (χ3n) is 5.12. The Hall–Kier alpha value is -3.50. The first-order valence-corrected chi connectivity index (χ1v) is 10.3. The van der Waals surface area contributed by atoms with E-state index in [-0.39, 0.29) is 18.8 Å². The molecule has 1 atom stereocenters. The van der Waals surface area contributed by atoms with Crippen LogP contribution in [-0.2, 0) is 6.42 Å². The lowest BCUT2D eigenvalue weighted by atomic mass is 10.0. The number of nitrogens with zero attached hydrogens (tertiary/aromatic N) is 4. The minimum absolute atomic E-state index is 0.0260. The summed E-state index contributed by atoms with van der Waals surface area (Å²) in [6.45, 7) is 5.75. The van der Waals surface area contributed by atoms with E-state index in [1.165, 1.54) is 0 Å². The van der Waals surface area contributed by atoms with Crippen LogP contribution in [0.1, 0.15) is 43.9 Å². The second kappa shape index (κ2) is 8.70. The van der Waals surface area contributed by atoms with Crippen LogP contribution in [0.2, 0.25) is 0 Å². The summed E-state index contributed by atoms with van der Waals surface area (Å²) in [5.41, 5.74) is 5.21. The zero-order valence-corrected chi connectivity index (χ0v) is 17.8. The minimum atomic E-state index is -0.127. The summed E-state index contributed by atoms with van der Waals surface area (Å²) in [6.07, 6.45) is 1.64. The first kappa shape index (κ1) is 20.8. The second-order valence-corrected chi connectivity index (χ2v) is 7.85. The maximum Gasteiger partial charge on any atom is 0.258 e. The number of aliphatic hydroxyl groups is 1. The van der Waals surface area contributed by atoms with Crippen molar-refractivity contribution in [2.75, 3.05) is 6.61 Å². The van der Waals surface area contributed by atoms with Crippen LogP contribution in [0.25, 0.3) is 22.8 Å². The predicted molar refractivity (Wildman–Crippen MR) is 117 cm³/mol. The van der Waals surface area contributed by atoms with Gasteiger partial charge in [-0.05, 0) is 62.9 Å². The molecule has 0 saturated heterocycles. The summed E-state index contributed by atoms with van der Waals surface area (Å²) in [4.78, 5) is 9.22. The van der Waals surface area contributed by atoms with E-state index in [1.807, 2.05) is 45.0 Å². The number of benzene rings is 2. The third-order valence-corrected chi connectivity index (χ3v) is 5.12. The van der Waals surface area contributed by atoms with Gasteiger partial charge < -0.3 is 14.4 Å². The van der Waals surface area contributed by atoms with Gasteiger partial charge in [0.05, 0.1) is 24.3 Å². The number of hydrogen-bond acceptors (Lipinski definition) is 7. The Bertz CT molecular complexity index is 1170. The molecule has 1 N–H and O–H groups in total. The van der Waals surface area contributed by atoms with Crippen LogP contribution in [0, 0.1) is 11.3 Å². The van der Waals surface area contributed by atoms with Gasteiger partial charge in [-0.1, -0.05) is 23.4 Å². The molecule has 0 spiro atoms. The van der Waals surface area contributed by atoms with Gasteiger partial charge in [-0.3, -0.25) is 4.99 Å². The molecule has 0 unspecified atom stereocenters. The molecule has 3 aromatic rings. The molecule has 1 aliphatic rings.